The zero-order valence-electron chi connectivity index (χ0n) is 14.5. The molecule has 0 fully saturated rings. The number of rotatable bonds is 3. The van der Waals surface area contributed by atoms with Crippen molar-refractivity contribution in [3.63, 3.8) is 0 Å². The Kier molecular flexibility index (Phi) is 4.66. The van der Waals surface area contributed by atoms with Gasteiger partial charge in [0.05, 0.1) is 6.04 Å². The van der Waals surface area contributed by atoms with Gasteiger partial charge in [-0.1, -0.05) is 28.1 Å². The average Bonchev–Trinajstić information content (AvgIpc) is 3.29. The lowest BCUT2D eigenvalue weighted by Gasteiger charge is -2.22. The van der Waals surface area contributed by atoms with Crippen molar-refractivity contribution in [1.29, 1.82) is 0 Å². The molecule has 4 rings (SSSR count). The Balaban J connectivity index is 1.72. The highest BCUT2D eigenvalue weighted by molar-refractivity contribution is 9.10. The lowest BCUT2D eigenvalue weighted by atomic mass is 10.0. The van der Waals surface area contributed by atoms with Crippen LogP contribution in [0.1, 0.15) is 39.9 Å². The molecule has 0 bridgehead atoms. The normalized spacial score (nSPS) is 16.5. The smallest absolute Gasteiger partial charge is 0.274 e. The Bertz CT molecular complexity index is 1010. The van der Waals surface area contributed by atoms with Crippen LogP contribution in [-0.4, -0.2) is 16.6 Å². The van der Waals surface area contributed by atoms with Crippen molar-refractivity contribution in [2.75, 3.05) is 0 Å². The first-order chi connectivity index (χ1) is 13.0. The van der Waals surface area contributed by atoms with Crippen LogP contribution in [0.25, 0.3) is 0 Å². The van der Waals surface area contributed by atoms with Gasteiger partial charge in [0.25, 0.3) is 5.91 Å². The van der Waals surface area contributed by atoms with E-state index in [0.717, 1.165) is 15.8 Å². The third kappa shape index (κ3) is 3.57. The van der Waals surface area contributed by atoms with E-state index in [1.165, 1.54) is 29.3 Å². The highest BCUT2D eigenvalue weighted by atomic mass is 79.9. The number of hydrogen-bond acceptors (Lipinski definition) is 3. The molecule has 1 aliphatic heterocycles. The maximum Gasteiger partial charge on any atom is 0.274 e. The van der Waals surface area contributed by atoms with Crippen LogP contribution in [0.2, 0.25) is 0 Å². The summed E-state index contributed by atoms with van der Waals surface area (Å²) in [6.07, 6.45) is 0.543. The van der Waals surface area contributed by atoms with E-state index in [4.69, 9.17) is 4.42 Å². The van der Waals surface area contributed by atoms with Crippen LogP contribution in [0.4, 0.5) is 4.39 Å². The van der Waals surface area contributed by atoms with Gasteiger partial charge in [-0.05, 0) is 61.0 Å². The molecule has 2 aromatic carbocycles. The molecule has 0 saturated carbocycles. The highest BCUT2D eigenvalue weighted by Gasteiger charge is 2.34. The number of hydrazone groups is 1. The topological polar surface area (TPSA) is 45.8 Å². The van der Waals surface area contributed by atoms with Gasteiger partial charge in [0.2, 0.25) is 0 Å². The standard InChI is InChI=1S/C21H16BrFN2O2/c1-13-2-11-20(27-13)18-12-19(14-3-7-16(22)8-4-14)25(24-18)21(26)15-5-9-17(23)10-6-15/h2-11,19H,12H2,1H3/t19-/m0/s1. The molecule has 1 aromatic heterocycles. The number of carbonyl (C=O) groups excluding carboxylic acids is 1. The van der Waals surface area contributed by atoms with Crippen LogP contribution >= 0.6 is 15.9 Å². The SMILES string of the molecule is Cc1ccc(C2=NN(C(=O)c3ccc(F)cc3)[C@H](c3ccc(Br)cc3)C2)o1. The Morgan fingerprint density at radius 2 is 1.81 bits per heavy atom. The van der Waals surface area contributed by atoms with Crippen LogP contribution in [0, 0.1) is 12.7 Å². The highest BCUT2D eigenvalue weighted by Crippen LogP contribution is 2.34. The molecular formula is C21H16BrFN2O2. The fourth-order valence-corrected chi connectivity index (χ4v) is 3.37. The lowest BCUT2D eigenvalue weighted by Crippen LogP contribution is -2.27. The molecule has 0 saturated heterocycles. The number of amides is 1. The molecular weight excluding hydrogens is 411 g/mol. The Morgan fingerprint density at radius 1 is 1.11 bits per heavy atom. The quantitative estimate of drug-likeness (QED) is 0.556. The molecule has 27 heavy (non-hydrogen) atoms. The van der Waals surface area contributed by atoms with Crippen LogP contribution in [0.15, 0.2) is 74.7 Å². The van der Waals surface area contributed by atoms with Gasteiger partial charge in [-0.15, -0.1) is 0 Å². The van der Waals surface area contributed by atoms with E-state index >= 15 is 0 Å². The molecule has 0 radical (unpaired) electrons. The molecule has 1 aliphatic rings. The number of nitrogens with zero attached hydrogens (tertiary/aromatic N) is 2. The van der Waals surface area contributed by atoms with Crippen molar-refractivity contribution in [1.82, 2.24) is 5.01 Å². The zero-order chi connectivity index (χ0) is 19.0. The Labute approximate surface area is 164 Å². The van der Waals surface area contributed by atoms with Crippen molar-refractivity contribution in [3.05, 3.63) is 93.6 Å². The number of carbonyl (C=O) groups is 1. The summed E-state index contributed by atoms with van der Waals surface area (Å²) in [5, 5.41) is 6.01. The van der Waals surface area contributed by atoms with Crippen LogP contribution in [0.5, 0.6) is 0 Å². The van der Waals surface area contributed by atoms with Crippen molar-refractivity contribution < 1.29 is 13.6 Å². The molecule has 0 unspecified atom stereocenters. The first-order valence-corrected chi connectivity index (χ1v) is 9.29. The van der Waals surface area contributed by atoms with Crippen molar-refractivity contribution in [2.45, 2.75) is 19.4 Å². The second-order valence-corrected chi connectivity index (χ2v) is 7.30. The fourth-order valence-electron chi connectivity index (χ4n) is 3.11. The van der Waals surface area contributed by atoms with Gasteiger partial charge in [0.1, 0.15) is 23.0 Å². The van der Waals surface area contributed by atoms with E-state index in [0.29, 0.717) is 23.5 Å². The number of hydrogen-bond donors (Lipinski definition) is 0. The number of furan rings is 1. The zero-order valence-corrected chi connectivity index (χ0v) is 16.1. The van der Waals surface area contributed by atoms with Gasteiger partial charge in [-0.3, -0.25) is 4.79 Å². The Morgan fingerprint density at radius 3 is 2.44 bits per heavy atom. The molecule has 1 amide bonds. The summed E-state index contributed by atoms with van der Waals surface area (Å²) in [5.74, 6) is 0.786. The summed E-state index contributed by atoms with van der Waals surface area (Å²) in [5.41, 5.74) is 2.07. The van der Waals surface area contributed by atoms with Gasteiger partial charge in [-0.25, -0.2) is 9.40 Å². The second-order valence-electron chi connectivity index (χ2n) is 6.39. The molecule has 0 N–H and O–H groups in total. The van der Waals surface area contributed by atoms with E-state index in [9.17, 15) is 9.18 Å². The molecule has 3 aromatic rings. The minimum Gasteiger partial charge on any atom is -0.460 e. The van der Waals surface area contributed by atoms with Crippen molar-refractivity contribution in [3.8, 4) is 0 Å². The molecule has 136 valence electrons. The van der Waals surface area contributed by atoms with E-state index in [1.54, 1.807) is 0 Å². The predicted octanol–water partition coefficient (Wildman–Crippen LogP) is 5.48. The van der Waals surface area contributed by atoms with E-state index in [2.05, 4.69) is 21.0 Å². The van der Waals surface area contributed by atoms with Gasteiger partial charge in [0, 0.05) is 16.5 Å². The number of benzene rings is 2. The second kappa shape index (κ2) is 7.12. The lowest BCUT2D eigenvalue weighted by molar-refractivity contribution is 0.0711. The maximum absolute atomic E-state index is 13.2. The summed E-state index contributed by atoms with van der Waals surface area (Å²) in [7, 11) is 0. The first kappa shape index (κ1) is 17.7. The molecule has 0 spiro atoms. The summed E-state index contributed by atoms with van der Waals surface area (Å²) < 4.78 is 19.9. The van der Waals surface area contributed by atoms with Crippen molar-refractivity contribution >= 4 is 27.5 Å². The van der Waals surface area contributed by atoms with E-state index in [1.807, 2.05) is 43.3 Å². The summed E-state index contributed by atoms with van der Waals surface area (Å²) in [6.45, 7) is 1.87. The van der Waals surface area contributed by atoms with E-state index < -0.39 is 0 Å². The number of halogens is 2. The molecule has 6 heteroatoms. The average molecular weight is 427 g/mol. The van der Waals surface area contributed by atoms with Crippen LogP contribution in [0.3, 0.4) is 0 Å². The van der Waals surface area contributed by atoms with Crippen LogP contribution in [-0.2, 0) is 0 Å². The summed E-state index contributed by atoms with van der Waals surface area (Å²) in [6, 6.07) is 16.8. The summed E-state index contributed by atoms with van der Waals surface area (Å²) in [4.78, 5) is 13.0. The van der Waals surface area contributed by atoms with Crippen LogP contribution < -0.4 is 0 Å². The predicted molar refractivity (Wildman–Crippen MR) is 104 cm³/mol. The van der Waals surface area contributed by atoms with Gasteiger partial charge in [0.15, 0.2) is 0 Å². The number of aryl methyl sites for hydroxylation is 1. The third-order valence-electron chi connectivity index (χ3n) is 4.49. The molecule has 4 nitrogen and oxygen atoms in total. The minimum atomic E-state index is -0.382. The molecule has 2 heterocycles. The van der Waals surface area contributed by atoms with Crippen molar-refractivity contribution in [2.24, 2.45) is 5.10 Å². The maximum atomic E-state index is 13.2. The van der Waals surface area contributed by atoms with E-state index in [-0.39, 0.29) is 17.8 Å². The third-order valence-corrected chi connectivity index (χ3v) is 5.02. The minimum absolute atomic E-state index is 0.254. The van der Waals surface area contributed by atoms with Gasteiger partial charge in [-0.2, -0.15) is 5.10 Å². The monoisotopic (exact) mass is 426 g/mol. The largest absolute Gasteiger partial charge is 0.460 e. The first-order valence-electron chi connectivity index (χ1n) is 8.50. The molecule has 1 atom stereocenters. The Hall–Kier alpha value is -2.73. The molecule has 0 aliphatic carbocycles. The van der Waals surface area contributed by atoms with Gasteiger partial charge < -0.3 is 4.42 Å². The summed E-state index contributed by atoms with van der Waals surface area (Å²) >= 11 is 3.43. The fraction of sp³-hybridized carbons (Fsp3) is 0.143. The van der Waals surface area contributed by atoms with Gasteiger partial charge >= 0.3 is 0 Å².